The van der Waals surface area contributed by atoms with E-state index in [-0.39, 0.29) is 0 Å². The predicted octanol–water partition coefficient (Wildman–Crippen LogP) is 0.892. The van der Waals surface area contributed by atoms with Crippen LogP contribution in [0.2, 0.25) is 0 Å². The molecule has 5 heteroatoms. The molecule has 2 atom stereocenters. The first-order chi connectivity index (χ1) is 6.99. The monoisotopic (exact) mass is 217 g/mol. The fourth-order valence-corrected chi connectivity index (χ4v) is 1.73. The third kappa shape index (κ3) is 3.51. The Morgan fingerprint density at radius 1 is 1.07 bits per heavy atom. The Kier molecular flexibility index (Phi) is 5.93. The molecule has 0 radical (unpaired) electrons. The molecule has 0 aromatic rings. The van der Waals surface area contributed by atoms with Crippen LogP contribution in [0.3, 0.4) is 0 Å². The van der Waals surface area contributed by atoms with Crippen molar-refractivity contribution < 1.29 is 19.8 Å². The number of aliphatic carboxylic acids is 2. The van der Waals surface area contributed by atoms with Crippen molar-refractivity contribution in [1.82, 2.24) is 4.90 Å². The van der Waals surface area contributed by atoms with Crippen LogP contribution in [0, 0.1) is 5.92 Å². The molecule has 0 aliphatic rings. The fourth-order valence-electron chi connectivity index (χ4n) is 1.73. The van der Waals surface area contributed by atoms with Gasteiger partial charge in [0.05, 0.1) is 5.92 Å². The summed E-state index contributed by atoms with van der Waals surface area (Å²) >= 11 is 0. The Labute approximate surface area is 89.7 Å². The average Bonchev–Trinajstić information content (AvgIpc) is 2.17. The highest BCUT2D eigenvalue weighted by molar-refractivity contribution is 5.82. The minimum Gasteiger partial charge on any atom is -0.481 e. The van der Waals surface area contributed by atoms with Crippen molar-refractivity contribution in [1.29, 1.82) is 0 Å². The lowest BCUT2D eigenvalue weighted by atomic mass is 9.95. The molecule has 0 saturated heterocycles. The van der Waals surface area contributed by atoms with Gasteiger partial charge in [-0.3, -0.25) is 14.5 Å². The molecule has 0 saturated carbocycles. The topological polar surface area (TPSA) is 77.8 Å². The van der Waals surface area contributed by atoms with E-state index in [1.165, 1.54) is 0 Å². The van der Waals surface area contributed by atoms with E-state index in [4.69, 9.17) is 10.2 Å². The Hall–Kier alpha value is -1.10. The highest BCUT2D eigenvalue weighted by Crippen LogP contribution is 2.16. The van der Waals surface area contributed by atoms with Gasteiger partial charge in [-0.25, -0.2) is 0 Å². The van der Waals surface area contributed by atoms with Crippen LogP contribution in [0.1, 0.15) is 27.2 Å². The standard InChI is InChI=1S/C10H19NO4/c1-4-7(9(12)13)8(10(14)15)11(5-2)6-3/h7-8H,4-6H2,1-3H3,(H,12,13)(H,14,15)/t7-,8-/m0/s1. The zero-order valence-corrected chi connectivity index (χ0v) is 9.43. The Bertz CT molecular complexity index is 225. The predicted molar refractivity (Wildman–Crippen MR) is 55.8 cm³/mol. The Morgan fingerprint density at radius 2 is 1.53 bits per heavy atom. The molecule has 15 heavy (non-hydrogen) atoms. The first-order valence-electron chi connectivity index (χ1n) is 5.19. The van der Waals surface area contributed by atoms with Crippen molar-refractivity contribution in [2.24, 2.45) is 5.92 Å². The van der Waals surface area contributed by atoms with Gasteiger partial charge >= 0.3 is 11.9 Å². The summed E-state index contributed by atoms with van der Waals surface area (Å²) in [7, 11) is 0. The number of carboxylic acids is 2. The first kappa shape index (κ1) is 13.9. The first-order valence-corrected chi connectivity index (χ1v) is 5.19. The number of rotatable bonds is 7. The maximum absolute atomic E-state index is 11.1. The smallest absolute Gasteiger partial charge is 0.321 e. The number of likely N-dealkylation sites (N-methyl/N-ethyl adjacent to an activating group) is 1. The molecule has 0 aromatic heterocycles. The van der Waals surface area contributed by atoms with Crippen LogP contribution in [0.25, 0.3) is 0 Å². The molecule has 5 nitrogen and oxygen atoms in total. The van der Waals surface area contributed by atoms with Crippen molar-refractivity contribution in [3.63, 3.8) is 0 Å². The number of carboxylic acid groups (broad SMARTS) is 2. The van der Waals surface area contributed by atoms with Crippen molar-refractivity contribution in [2.45, 2.75) is 33.2 Å². The molecule has 0 spiro atoms. The van der Waals surface area contributed by atoms with E-state index in [2.05, 4.69) is 0 Å². The lowest BCUT2D eigenvalue weighted by molar-refractivity contribution is -0.155. The van der Waals surface area contributed by atoms with E-state index in [9.17, 15) is 9.59 Å². The number of nitrogens with zero attached hydrogens (tertiary/aromatic N) is 1. The highest BCUT2D eigenvalue weighted by atomic mass is 16.4. The average molecular weight is 217 g/mol. The zero-order chi connectivity index (χ0) is 12.0. The summed E-state index contributed by atoms with van der Waals surface area (Å²) in [5, 5.41) is 18.0. The van der Waals surface area contributed by atoms with Gasteiger partial charge in [-0.05, 0) is 19.5 Å². The summed E-state index contributed by atoms with van der Waals surface area (Å²) in [5.74, 6) is -2.95. The Morgan fingerprint density at radius 3 is 1.73 bits per heavy atom. The molecule has 0 aliphatic heterocycles. The molecule has 0 aromatic carbocycles. The van der Waals surface area contributed by atoms with Crippen molar-refractivity contribution >= 4 is 11.9 Å². The van der Waals surface area contributed by atoms with Gasteiger partial charge in [0, 0.05) is 0 Å². The molecule has 0 fully saturated rings. The van der Waals surface area contributed by atoms with Crippen LogP contribution in [0.15, 0.2) is 0 Å². The minimum absolute atomic E-state index is 0.322. The lowest BCUT2D eigenvalue weighted by Gasteiger charge is -2.29. The van der Waals surface area contributed by atoms with Crippen molar-refractivity contribution in [3.8, 4) is 0 Å². The maximum Gasteiger partial charge on any atom is 0.321 e. The second-order valence-corrected chi connectivity index (χ2v) is 3.36. The van der Waals surface area contributed by atoms with Gasteiger partial charge in [-0.2, -0.15) is 0 Å². The van der Waals surface area contributed by atoms with Gasteiger partial charge in [0.2, 0.25) is 0 Å². The molecule has 0 rings (SSSR count). The number of hydrogen-bond donors (Lipinski definition) is 2. The normalized spacial score (nSPS) is 14.9. The van der Waals surface area contributed by atoms with Gasteiger partial charge < -0.3 is 10.2 Å². The van der Waals surface area contributed by atoms with Gasteiger partial charge in [0.1, 0.15) is 6.04 Å². The SMILES string of the molecule is CC[C@H](C(=O)O)[C@@H](C(=O)O)N(CC)CC. The van der Waals surface area contributed by atoms with E-state index < -0.39 is 23.9 Å². The van der Waals surface area contributed by atoms with Crippen LogP contribution < -0.4 is 0 Å². The number of hydrogen-bond acceptors (Lipinski definition) is 3. The highest BCUT2D eigenvalue weighted by Gasteiger charge is 2.35. The van der Waals surface area contributed by atoms with Crippen LogP contribution in [0.5, 0.6) is 0 Å². The second-order valence-electron chi connectivity index (χ2n) is 3.36. The summed E-state index contributed by atoms with van der Waals surface area (Å²) < 4.78 is 0. The van der Waals surface area contributed by atoms with E-state index in [1.54, 1.807) is 11.8 Å². The molecule has 0 aliphatic carbocycles. The van der Waals surface area contributed by atoms with E-state index >= 15 is 0 Å². The molecule has 0 amide bonds. The molecule has 0 heterocycles. The summed E-state index contributed by atoms with van der Waals surface area (Å²) in [5.41, 5.74) is 0. The summed E-state index contributed by atoms with van der Waals surface area (Å²) in [4.78, 5) is 23.6. The molecule has 2 N–H and O–H groups in total. The lowest BCUT2D eigenvalue weighted by Crippen LogP contribution is -2.48. The van der Waals surface area contributed by atoms with Gasteiger partial charge in [0.15, 0.2) is 0 Å². The van der Waals surface area contributed by atoms with E-state index in [0.29, 0.717) is 19.5 Å². The Balaban J connectivity index is 4.91. The third-order valence-electron chi connectivity index (χ3n) is 2.60. The van der Waals surface area contributed by atoms with Crippen molar-refractivity contribution in [2.75, 3.05) is 13.1 Å². The van der Waals surface area contributed by atoms with Gasteiger partial charge in [-0.1, -0.05) is 20.8 Å². The van der Waals surface area contributed by atoms with Crippen LogP contribution in [-0.2, 0) is 9.59 Å². The summed E-state index contributed by atoms with van der Waals surface area (Å²) in [6.45, 7) is 6.43. The van der Waals surface area contributed by atoms with E-state index in [0.717, 1.165) is 0 Å². The van der Waals surface area contributed by atoms with Crippen molar-refractivity contribution in [3.05, 3.63) is 0 Å². The number of carbonyl (C=O) groups is 2. The third-order valence-corrected chi connectivity index (χ3v) is 2.60. The van der Waals surface area contributed by atoms with Crippen LogP contribution >= 0.6 is 0 Å². The molecule has 0 unspecified atom stereocenters. The molecule has 0 bridgehead atoms. The van der Waals surface area contributed by atoms with Crippen LogP contribution in [-0.4, -0.2) is 46.2 Å². The minimum atomic E-state index is -1.06. The van der Waals surface area contributed by atoms with E-state index in [1.807, 2.05) is 13.8 Å². The quantitative estimate of drug-likeness (QED) is 0.662. The van der Waals surface area contributed by atoms with Crippen LogP contribution in [0.4, 0.5) is 0 Å². The van der Waals surface area contributed by atoms with Gasteiger partial charge in [0.25, 0.3) is 0 Å². The largest absolute Gasteiger partial charge is 0.481 e. The maximum atomic E-state index is 11.1. The fraction of sp³-hybridized carbons (Fsp3) is 0.800. The van der Waals surface area contributed by atoms with Gasteiger partial charge in [-0.15, -0.1) is 0 Å². The summed E-state index contributed by atoms with van der Waals surface area (Å²) in [6.07, 6.45) is 0.322. The molecule has 88 valence electrons. The zero-order valence-electron chi connectivity index (χ0n) is 9.43. The molecular weight excluding hydrogens is 198 g/mol. The summed E-state index contributed by atoms with van der Waals surface area (Å²) in [6, 6.07) is -0.928. The second kappa shape index (κ2) is 6.40. The molecular formula is C10H19NO4.